The van der Waals surface area contributed by atoms with Crippen LogP contribution in [-0.4, -0.2) is 36.4 Å². The number of carboxylic acids is 1. The van der Waals surface area contributed by atoms with Crippen molar-refractivity contribution in [1.29, 1.82) is 0 Å². The summed E-state index contributed by atoms with van der Waals surface area (Å²) in [5.74, 6) is 0.703. The number of hydrogen-bond donors (Lipinski definition) is 2. The van der Waals surface area contributed by atoms with Crippen molar-refractivity contribution in [3.8, 4) is 5.75 Å². The number of ether oxygens (including phenoxy) is 1. The predicted molar refractivity (Wildman–Crippen MR) is 96.5 cm³/mol. The van der Waals surface area contributed by atoms with Crippen LogP contribution < -0.4 is 10.1 Å². The second-order valence-electron chi connectivity index (χ2n) is 5.25. The maximum Gasteiger partial charge on any atom is 0.345 e. The highest BCUT2D eigenvalue weighted by atomic mass is 32.2. The Bertz CT molecular complexity index is 714. The van der Waals surface area contributed by atoms with Gasteiger partial charge in [-0.25, -0.2) is 4.79 Å². The van der Waals surface area contributed by atoms with Crippen molar-refractivity contribution in [1.82, 2.24) is 5.32 Å². The van der Waals surface area contributed by atoms with Crippen LogP contribution in [0.1, 0.15) is 26.3 Å². The molecule has 7 heteroatoms. The average molecular weight is 365 g/mol. The summed E-state index contributed by atoms with van der Waals surface area (Å²) in [6, 6.07) is 10.8. The smallest absolute Gasteiger partial charge is 0.345 e. The minimum atomic E-state index is -1.01. The van der Waals surface area contributed by atoms with Crippen molar-refractivity contribution >= 4 is 35.0 Å². The maximum absolute atomic E-state index is 12.0. The molecule has 1 unspecified atom stereocenters. The van der Waals surface area contributed by atoms with Crippen LogP contribution in [0.4, 0.5) is 0 Å². The van der Waals surface area contributed by atoms with Gasteiger partial charge >= 0.3 is 5.97 Å². The van der Waals surface area contributed by atoms with Crippen LogP contribution in [0.25, 0.3) is 0 Å². The summed E-state index contributed by atoms with van der Waals surface area (Å²) in [5.41, 5.74) is 0. The summed E-state index contributed by atoms with van der Waals surface area (Å²) < 4.78 is 5.32. The Morgan fingerprint density at radius 1 is 1.25 bits per heavy atom. The zero-order chi connectivity index (χ0) is 17.5. The molecule has 0 saturated heterocycles. The number of methoxy groups -OCH3 is 1. The Balaban J connectivity index is 1.81. The van der Waals surface area contributed by atoms with Gasteiger partial charge in [-0.3, -0.25) is 4.79 Å². The summed E-state index contributed by atoms with van der Waals surface area (Å²) in [7, 11) is 1.65. The number of carbonyl (C=O) groups is 2. The van der Waals surface area contributed by atoms with Crippen LogP contribution in [0.15, 0.2) is 41.3 Å². The van der Waals surface area contributed by atoms with Crippen molar-refractivity contribution < 1.29 is 19.4 Å². The first-order chi connectivity index (χ1) is 11.5. The van der Waals surface area contributed by atoms with Crippen LogP contribution in [0.5, 0.6) is 5.75 Å². The maximum atomic E-state index is 12.0. The molecule has 0 aliphatic heterocycles. The van der Waals surface area contributed by atoms with Gasteiger partial charge in [-0.2, -0.15) is 0 Å². The van der Waals surface area contributed by atoms with Crippen molar-refractivity contribution in [3.63, 3.8) is 0 Å². The van der Waals surface area contributed by atoms with E-state index in [4.69, 9.17) is 9.84 Å². The van der Waals surface area contributed by atoms with Gasteiger partial charge in [0.15, 0.2) is 0 Å². The lowest BCUT2D eigenvalue weighted by Gasteiger charge is -2.13. The van der Waals surface area contributed by atoms with Crippen molar-refractivity contribution in [2.45, 2.75) is 11.8 Å². The van der Waals surface area contributed by atoms with E-state index in [-0.39, 0.29) is 16.7 Å². The molecule has 128 valence electrons. The minimum Gasteiger partial charge on any atom is -0.496 e. The summed E-state index contributed by atoms with van der Waals surface area (Å²) >= 11 is 2.67. The highest BCUT2D eigenvalue weighted by Gasteiger charge is 2.14. The SMILES string of the molecule is COc1ccccc1SCC(C)CNC(=O)c1ccc(C(=O)O)s1. The van der Waals surface area contributed by atoms with E-state index in [0.717, 1.165) is 27.7 Å². The molecular weight excluding hydrogens is 346 g/mol. The number of carboxylic acid groups (broad SMARTS) is 1. The molecular formula is C17H19NO4S2. The number of nitrogens with one attached hydrogen (secondary N) is 1. The number of rotatable bonds is 8. The van der Waals surface area contributed by atoms with Gasteiger partial charge in [0.2, 0.25) is 0 Å². The second-order valence-corrected chi connectivity index (χ2v) is 7.39. The van der Waals surface area contributed by atoms with E-state index in [1.807, 2.05) is 24.3 Å². The van der Waals surface area contributed by atoms with E-state index >= 15 is 0 Å². The molecule has 24 heavy (non-hydrogen) atoms. The predicted octanol–water partition coefficient (Wildman–Crippen LogP) is 3.61. The van der Waals surface area contributed by atoms with E-state index in [9.17, 15) is 9.59 Å². The molecule has 0 fully saturated rings. The molecule has 0 radical (unpaired) electrons. The van der Waals surface area contributed by atoms with Crippen molar-refractivity contribution in [3.05, 3.63) is 46.2 Å². The van der Waals surface area contributed by atoms with Gasteiger partial charge in [0.25, 0.3) is 5.91 Å². The topological polar surface area (TPSA) is 75.6 Å². The zero-order valence-electron chi connectivity index (χ0n) is 13.4. The number of hydrogen-bond acceptors (Lipinski definition) is 5. The van der Waals surface area contributed by atoms with E-state index in [2.05, 4.69) is 12.2 Å². The van der Waals surface area contributed by atoms with Gasteiger partial charge in [-0.05, 0) is 30.2 Å². The van der Waals surface area contributed by atoms with Crippen molar-refractivity contribution in [2.24, 2.45) is 5.92 Å². The Labute approximate surface area is 149 Å². The van der Waals surface area contributed by atoms with Crippen LogP contribution in [0, 0.1) is 5.92 Å². The second kappa shape index (κ2) is 8.75. The molecule has 1 aromatic carbocycles. The van der Waals surface area contributed by atoms with Crippen LogP contribution >= 0.6 is 23.1 Å². The molecule has 2 aromatic rings. The highest BCUT2D eigenvalue weighted by molar-refractivity contribution is 7.99. The standard InChI is InChI=1S/C17H19NO4S2/c1-11(10-23-13-6-4-3-5-12(13)22-2)9-18-16(19)14-7-8-15(24-14)17(20)21/h3-8,11H,9-10H2,1-2H3,(H,18,19)(H,20,21). The quantitative estimate of drug-likeness (QED) is 0.699. The monoisotopic (exact) mass is 365 g/mol. The van der Waals surface area contributed by atoms with Crippen LogP contribution in [-0.2, 0) is 0 Å². The fourth-order valence-corrected chi connectivity index (χ4v) is 3.77. The third kappa shape index (κ3) is 5.01. The number of thiophene rings is 1. The van der Waals surface area contributed by atoms with Gasteiger partial charge in [-0.1, -0.05) is 19.1 Å². The summed E-state index contributed by atoms with van der Waals surface area (Å²) in [4.78, 5) is 24.5. The molecule has 0 spiro atoms. The number of thioether (sulfide) groups is 1. The summed E-state index contributed by atoms with van der Waals surface area (Å²) in [6.07, 6.45) is 0. The molecule has 0 aliphatic carbocycles. The lowest BCUT2D eigenvalue weighted by molar-refractivity contribution is 0.0702. The molecule has 2 N–H and O–H groups in total. The van der Waals surface area contributed by atoms with E-state index in [1.54, 1.807) is 18.9 Å². The van der Waals surface area contributed by atoms with Gasteiger partial charge in [0.1, 0.15) is 10.6 Å². The number of carbonyl (C=O) groups excluding carboxylic acids is 1. The average Bonchev–Trinajstić information content (AvgIpc) is 3.08. The first-order valence-corrected chi connectivity index (χ1v) is 9.18. The van der Waals surface area contributed by atoms with Gasteiger partial charge in [-0.15, -0.1) is 23.1 Å². The number of para-hydroxylation sites is 1. The first kappa shape index (κ1) is 18.4. The van der Waals surface area contributed by atoms with Gasteiger partial charge in [0, 0.05) is 17.2 Å². The van der Waals surface area contributed by atoms with E-state index in [1.165, 1.54) is 12.1 Å². The van der Waals surface area contributed by atoms with Gasteiger partial charge < -0.3 is 15.2 Å². The fraction of sp³-hybridized carbons (Fsp3) is 0.294. The lowest BCUT2D eigenvalue weighted by atomic mass is 10.2. The third-order valence-electron chi connectivity index (χ3n) is 3.24. The van der Waals surface area contributed by atoms with Crippen molar-refractivity contribution in [2.75, 3.05) is 19.4 Å². The van der Waals surface area contributed by atoms with Gasteiger partial charge in [0.05, 0.1) is 12.0 Å². The molecule has 1 atom stereocenters. The summed E-state index contributed by atoms with van der Waals surface area (Å²) in [5, 5.41) is 11.7. The number of amides is 1. The molecule has 0 saturated carbocycles. The molecule has 1 heterocycles. The molecule has 1 aromatic heterocycles. The van der Waals surface area contributed by atoms with E-state index in [0.29, 0.717) is 11.4 Å². The van der Waals surface area contributed by atoms with Crippen LogP contribution in [0.2, 0.25) is 0 Å². The first-order valence-electron chi connectivity index (χ1n) is 7.38. The molecule has 0 bridgehead atoms. The molecule has 2 rings (SSSR count). The normalized spacial score (nSPS) is 11.8. The Morgan fingerprint density at radius 3 is 2.62 bits per heavy atom. The zero-order valence-corrected chi connectivity index (χ0v) is 15.1. The largest absolute Gasteiger partial charge is 0.496 e. The minimum absolute atomic E-state index is 0.167. The van der Waals surface area contributed by atoms with Crippen LogP contribution in [0.3, 0.4) is 0 Å². The van der Waals surface area contributed by atoms with E-state index < -0.39 is 5.97 Å². The highest BCUT2D eigenvalue weighted by Crippen LogP contribution is 2.29. The third-order valence-corrected chi connectivity index (χ3v) is 5.70. The Hall–Kier alpha value is -1.99. The number of aromatic carboxylic acids is 1. The Morgan fingerprint density at radius 2 is 1.96 bits per heavy atom. The molecule has 5 nitrogen and oxygen atoms in total. The fourth-order valence-electron chi connectivity index (χ4n) is 1.96. The number of benzene rings is 1. The lowest BCUT2D eigenvalue weighted by Crippen LogP contribution is -2.28. The molecule has 1 amide bonds. The summed E-state index contributed by atoms with van der Waals surface area (Å²) in [6.45, 7) is 2.58. The Kier molecular flexibility index (Phi) is 6.69. The molecule has 0 aliphatic rings.